The van der Waals surface area contributed by atoms with E-state index in [4.69, 9.17) is 11.6 Å². The van der Waals surface area contributed by atoms with Gasteiger partial charge < -0.3 is 19.7 Å². The van der Waals surface area contributed by atoms with Crippen LogP contribution in [0.25, 0.3) is 0 Å². The van der Waals surface area contributed by atoms with Gasteiger partial charge in [0.25, 0.3) is 0 Å². The van der Waals surface area contributed by atoms with E-state index in [-0.39, 0.29) is 6.04 Å². The molecule has 1 aliphatic heterocycles. The van der Waals surface area contributed by atoms with Gasteiger partial charge in [-0.2, -0.15) is 0 Å². The highest BCUT2D eigenvalue weighted by Crippen LogP contribution is 2.31. The minimum absolute atomic E-state index is 0.241. The fourth-order valence-corrected chi connectivity index (χ4v) is 5.16. The normalized spacial score (nSPS) is 16.9. The molecule has 1 aliphatic rings. The molecule has 0 saturated carbocycles. The van der Waals surface area contributed by atoms with Crippen molar-refractivity contribution in [3.8, 4) is 0 Å². The van der Waals surface area contributed by atoms with Crippen molar-refractivity contribution < 1.29 is 9.90 Å². The minimum atomic E-state index is -1.18. The van der Waals surface area contributed by atoms with Crippen molar-refractivity contribution in [2.24, 2.45) is 0 Å². The Kier molecular flexibility index (Phi) is 8.80. The lowest BCUT2D eigenvalue weighted by molar-refractivity contribution is -0.246. The monoisotopic (exact) mass is 490 g/mol. The van der Waals surface area contributed by atoms with Crippen LogP contribution in [0.2, 0.25) is 5.02 Å². The number of carboxylic acid groups (broad SMARTS) is 1. The molecule has 4 rings (SSSR count). The Morgan fingerprint density at radius 3 is 2.09 bits per heavy atom. The van der Waals surface area contributed by atoms with E-state index in [9.17, 15) is 9.90 Å². The van der Waals surface area contributed by atoms with Crippen LogP contribution in [0.15, 0.2) is 84.9 Å². The van der Waals surface area contributed by atoms with Gasteiger partial charge in [-0.3, -0.25) is 4.90 Å². The molecule has 1 unspecified atom stereocenters. The van der Waals surface area contributed by atoms with E-state index in [2.05, 4.69) is 77.4 Å². The molecule has 1 atom stereocenters. The Hall–Kier alpha value is -2.86. The lowest BCUT2D eigenvalue weighted by Crippen LogP contribution is -2.53. The van der Waals surface area contributed by atoms with Crippen molar-refractivity contribution in [2.75, 3.05) is 37.6 Å². The highest BCUT2D eigenvalue weighted by atomic mass is 35.5. The Morgan fingerprint density at radius 2 is 1.54 bits per heavy atom. The molecular formula is C29H33ClN3O2-. The van der Waals surface area contributed by atoms with Crippen LogP contribution < -0.4 is 10.0 Å². The zero-order valence-electron chi connectivity index (χ0n) is 20.2. The number of amides is 1. The second-order valence-corrected chi connectivity index (χ2v) is 9.65. The molecule has 0 spiro atoms. The smallest absolute Gasteiger partial charge is 0.141 e. The summed E-state index contributed by atoms with van der Waals surface area (Å²) >= 11 is 5.93. The number of halogens is 1. The number of rotatable bonds is 9. The summed E-state index contributed by atoms with van der Waals surface area (Å²) < 4.78 is 0. The number of hydrogen-bond acceptors (Lipinski definition) is 4. The molecule has 0 bridgehead atoms. The van der Waals surface area contributed by atoms with Gasteiger partial charge in [0, 0.05) is 42.9 Å². The van der Waals surface area contributed by atoms with E-state index in [0.717, 1.165) is 39.0 Å². The number of carbonyl (C=O) groups is 1. The quantitative estimate of drug-likeness (QED) is 0.393. The van der Waals surface area contributed by atoms with Gasteiger partial charge in [0.05, 0.1) is 6.04 Å². The predicted octanol–water partition coefficient (Wildman–Crippen LogP) is 5.07. The van der Waals surface area contributed by atoms with Crippen LogP contribution in [-0.4, -0.2) is 54.7 Å². The lowest BCUT2D eigenvalue weighted by Gasteiger charge is -2.44. The molecule has 35 heavy (non-hydrogen) atoms. The van der Waals surface area contributed by atoms with E-state index < -0.39 is 6.09 Å². The predicted molar refractivity (Wildman–Crippen MR) is 141 cm³/mol. The number of nitrogens with zero attached hydrogens (tertiary/aromatic N) is 3. The van der Waals surface area contributed by atoms with E-state index in [0.29, 0.717) is 23.3 Å². The van der Waals surface area contributed by atoms with E-state index in [1.807, 2.05) is 0 Å². The Balaban J connectivity index is 1.32. The van der Waals surface area contributed by atoms with Gasteiger partial charge in [-0.05, 0) is 61.7 Å². The average molecular weight is 491 g/mol. The number of piperazine rings is 1. The third-order valence-corrected chi connectivity index (χ3v) is 7.04. The average Bonchev–Trinajstić information content (AvgIpc) is 2.87. The summed E-state index contributed by atoms with van der Waals surface area (Å²) in [6.45, 7) is 6.68. The molecule has 0 radical (unpaired) electrons. The van der Waals surface area contributed by atoms with Crippen molar-refractivity contribution >= 4 is 23.4 Å². The van der Waals surface area contributed by atoms with Gasteiger partial charge in [-0.15, -0.1) is 0 Å². The van der Waals surface area contributed by atoms with Gasteiger partial charge in [-0.1, -0.05) is 72.3 Å². The van der Waals surface area contributed by atoms with Gasteiger partial charge in [0.2, 0.25) is 0 Å². The summed E-state index contributed by atoms with van der Waals surface area (Å²) in [5.74, 6) is 0. The van der Waals surface area contributed by atoms with Crippen LogP contribution in [0.3, 0.4) is 0 Å². The van der Waals surface area contributed by atoms with Crippen LogP contribution in [0, 0.1) is 0 Å². The van der Waals surface area contributed by atoms with Crippen molar-refractivity contribution in [1.29, 1.82) is 0 Å². The van der Waals surface area contributed by atoms with E-state index in [1.165, 1.54) is 16.0 Å². The highest BCUT2D eigenvalue weighted by Gasteiger charge is 2.31. The number of hydrogen-bond donors (Lipinski definition) is 0. The Morgan fingerprint density at radius 1 is 0.943 bits per heavy atom. The molecule has 1 saturated heterocycles. The third-order valence-electron chi connectivity index (χ3n) is 6.79. The maximum Gasteiger partial charge on any atom is 0.141 e. The fraction of sp³-hybridized carbons (Fsp3) is 0.345. The summed E-state index contributed by atoms with van der Waals surface area (Å²) in [4.78, 5) is 18.0. The molecule has 3 aromatic carbocycles. The fourth-order valence-electron chi connectivity index (χ4n) is 5.03. The molecule has 0 aliphatic carbocycles. The largest absolute Gasteiger partial charge is 0.530 e. The van der Waals surface area contributed by atoms with Gasteiger partial charge in [-0.25, -0.2) is 0 Å². The first-order valence-corrected chi connectivity index (χ1v) is 12.7. The molecule has 1 amide bonds. The molecule has 184 valence electrons. The molecule has 1 fully saturated rings. The first-order chi connectivity index (χ1) is 17.0. The van der Waals surface area contributed by atoms with E-state index in [1.54, 1.807) is 24.3 Å². The van der Waals surface area contributed by atoms with Gasteiger partial charge >= 0.3 is 0 Å². The van der Waals surface area contributed by atoms with Crippen LogP contribution in [0.1, 0.15) is 36.9 Å². The molecular weight excluding hydrogens is 458 g/mol. The zero-order chi connectivity index (χ0) is 24.6. The zero-order valence-corrected chi connectivity index (χ0v) is 21.0. The molecule has 1 heterocycles. The maximum absolute atomic E-state index is 11.6. The Labute approximate surface area is 213 Å². The summed E-state index contributed by atoms with van der Waals surface area (Å²) in [7, 11) is 0. The number of carbonyl (C=O) groups excluding carboxylic acids is 1. The Bertz CT molecular complexity index is 1020. The minimum Gasteiger partial charge on any atom is -0.530 e. The molecule has 3 aromatic rings. The van der Waals surface area contributed by atoms with Gasteiger partial charge in [0.15, 0.2) is 0 Å². The number of benzene rings is 3. The highest BCUT2D eigenvalue weighted by molar-refractivity contribution is 6.30. The van der Waals surface area contributed by atoms with Crippen LogP contribution in [0.4, 0.5) is 10.5 Å². The standard InChI is InChI=1S/C29H34ClN3O2/c1-23-22-31(18-8-9-19-33(29(34)35)27-16-14-26(30)15-17-27)20-21-32(23)28(24-10-4-2-5-11-24)25-12-6-3-7-13-25/h2-7,10-17,23,28H,8-9,18-22H2,1H3,(H,34,35)/p-1. The van der Waals surface area contributed by atoms with Gasteiger partial charge in [0.1, 0.15) is 6.09 Å². The summed E-state index contributed by atoms with van der Waals surface area (Å²) in [6, 6.07) is 29.0. The second kappa shape index (κ2) is 12.2. The SMILES string of the molecule is CC1CN(CCCCN(C(=O)[O-])c2ccc(Cl)cc2)CCN1C(c1ccccc1)c1ccccc1. The molecule has 0 N–H and O–H groups in total. The third kappa shape index (κ3) is 6.63. The first kappa shape index (κ1) is 25.2. The molecule has 5 nitrogen and oxygen atoms in total. The van der Waals surface area contributed by atoms with Crippen molar-refractivity contribution in [3.63, 3.8) is 0 Å². The summed E-state index contributed by atoms with van der Waals surface area (Å²) in [5.41, 5.74) is 3.25. The summed E-state index contributed by atoms with van der Waals surface area (Å²) in [5, 5.41) is 12.2. The van der Waals surface area contributed by atoms with Crippen molar-refractivity contribution in [3.05, 3.63) is 101 Å². The number of anilines is 1. The van der Waals surface area contributed by atoms with Crippen LogP contribution in [-0.2, 0) is 0 Å². The van der Waals surface area contributed by atoms with Crippen molar-refractivity contribution in [1.82, 2.24) is 9.80 Å². The first-order valence-electron chi connectivity index (χ1n) is 12.3. The van der Waals surface area contributed by atoms with E-state index >= 15 is 0 Å². The molecule has 0 aromatic heterocycles. The lowest BCUT2D eigenvalue weighted by atomic mass is 9.95. The number of unbranched alkanes of at least 4 members (excludes halogenated alkanes) is 1. The second-order valence-electron chi connectivity index (χ2n) is 9.21. The van der Waals surface area contributed by atoms with Crippen LogP contribution >= 0.6 is 11.6 Å². The topological polar surface area (TPSA) is 49.9 Å². The maximum atomic E-state index is 11.6. The summed E-state index contributed by atoms with van der Waals surface area (Å²) in [6.07, 6.45) is 0.537. The van der Waals surface area contributed by atoms with Crippen molar-refractivity contribution in [2.45, 2.75) is 31.8 Å². The molecule has 6 heteroatoms. The van der Waals surface area contributed by atoms with Crippen LogP contribution in [0.5, 0.6) is 0 Å².